The quantitative estimate of drug-likeness (QED) is 0.643. The van der Waals surface area contributed by atoms with E-state index >= 15 is 0 Å². The molecule has 2 rings (SSSR count). The molecule has 1 aliphatic rings. The summed E-state index contributed by atoms with van der Waals surface area (Å²) in [5.41, 5.74) is 4.04. The molecule has 2 unspecified atom stereocenters. The van der Waals surface area contributed by atoms with Crippen LogP contribution in [0.5, 0.6) is 0 Å². The zero-order chi connectivity index (χ0) is 12.5. The van der Waals surface area contributed by atoms with Gasteiger partial charge in [-0.2, -0.15) is 0 Å². The minimum atomic E-state index is -2.79. The molecule has 3 N–H and O–H groups in total. The van der Waals surface area contributed by atoms with Crippen molar-refractivity contribution in [2.75, 3.05) is 11.5 Å². The topological polar surface area (TPSA) is 72.2 Å². The Labute approximate surface area is 106 Å². The molecule has 0 amide bonds. The Morgan fingerprint density at radius 1 is 1.65 bits per heavy atom. The van der Waals surface area contributed by atoms with Crippen LogP contribution in [0.1, 0.15) is 29.3 Å². The Morgan fingerprint density at radius 2 is 2.41 bits per heavy atom. The average Bonchev–Trinajstić information content (AvgIpc) is 2.81. The molecule has 2 atom stereocenters. The Kier molecular flexibility index (Phi) is 3.87. The summed E-state index contributed by atoms with van der Waals surface area (Å²) in [5, 5.41) is 2.04. The standard InChI is InChI=1S/C11H18N2O2S2/c1-8-2-4-16-11(8)10(13-12)6-9-3-5-17(14,15)7-9/h2,4,9-10,13H,3,5-7,12H2,1H3. The number of nitrogens with two attached hydrogens (primary N) is 1. The van der Waals surface area contributed by atoms with Crippen LogP contribution in [0.4, 0.5) is 0 Å². The van der Waals surface area contributed by atoms with Crippen LogP contribution in [0, 0.1) is 12.8 Å². The maximum absolute atomic E-state index is 11.4. The number of sulfone groups is 1. The number of nitrogens with one attached hydrogen (secondary N) is 1. The third-order valence-corrected chi connectivity index (χ3v) is 6.28. The summed E-state index contributed by atoms with van der Waals surface area (Å²) in [6.45, 7) is 2.06. The van der Waals surface area contributed by atoms with E-state index in [-0.39, 0.29) is 12.0 Å². The Balaban J connectivity index is 2.04. The highest BCUT2D eigenvalue weighted by atomic mass is 32.2. The molecule has 0 bridgehead atoms. The lowest BCUT2D eigenvalue weighted by molar-refractivity contribution is 0.425. The molecular formula is C11H18N2O2S2. The summed E-state index contributed by atoms with van der Waals surface area (Å²) in [4.78, 5) is 1.22. The molecule has 0 aromatic carbocycles. The van der Waals surface area contributed by atoms with Crippen molar-refractivity contribution in [3.8, 4) is 0 Å². The fourth-order valence-electron chi connectivity index (χ4n) is 2.38. The second-order valence-electron chi connectivity index (χ2n) is 4.69. The van der Waals surface area contributed by atoms with Gasteiger partial charge in [0.25, 0.3) is 0 Å². The molecular weight excluding hydrogens is 256 g/mol. The molecule has 0 radical (unpaired) electrons. The van der Waals surface area contributed by atoms with E-state index in [4.69, 9.17) is 5.84 Å². The highest BCUT2D eigenvalue weighted by molar-refractivity contribution is 7.91. The maximum Gasteiger partial charge on any atom is 0.150 e. The normalized spacial score (nSPS) is 24.9. The number of hydrogen-bond acceptors (Lipinski definition) is 5. The van der Waals surface area contributed by atoms with Crippen molar-refractivity contribution in [1.82, 2.24) is 5.43 Å². The van der Waals surface area contributed by atoms with E-state index in [0.717, 1.165) is 12.8 Å². The van der Waals surface area contributed by atoms with Gasteiger partial charge in [0.15, 0.2) is 9.84 Å². The van der Waals surface area contributed by atoms with Gasteiger partial charge in [-0.15, -0.1) is 11.3 Å². The van der Waals surface area contributed by atoms with Crippen LogP contribution < -0.4 is 11.3 Å². The Morgan fingerprint density at radius 3 is 2.88 bits per heavy atom. The van der Waals surface area contributed by atoms with E-state index in [1.54, 1.807) is 11.3 Å². The van der Waals surface area contributed by atoms with E-state index in [1.807, 2.05) is 5.38 Å². The second-order valence-corrected chi connectivity index (χ2v) is 7.87. The summed E-state index contributed by atoms with van der Waals surface area (Å²) in [7, 11) is -2.79. The van der Waals surface area contributed by atoms with Gasteiger partial charge >= 0.3 is 0 Å². The van der Waals surface area contributed by atoms with Gasteiger partial charge in [-0.05, 0) is 42.7 Å². The molecule has 0 aliphatic carbocycles. The minimum Gasteiger partial charge on any atom is -0.271 e. The summed E-state index contributed by atoms with van der Waals surface area (Å²) < 4.78 is 22.8. The maximum atomic E-state index is 11.4. The first-order valence-electron chi connectivity index (χ1n) is 5.72. The largest absolute Gasteiger partial charge is 0.271 e. The molecule has 6 heteroatoms. The lowest BCUT2D eigenvalue weighted by Crippen LogP contribution is -2.29. The Bertz CT molecular complexity index is 481. The van der Waals surface area contributed by atoms with Gasteiger partial charge in [-0.3, -0.25) is 11.3 Å². The molecule has 1 aromatic rings. The summed E-state index contributed by atoms with van der Waals surface area (Å²) >= 11 is 1.67. The molecule has 1 fully saturated rings. The van der Waals surface area contributed by atoms with Gasteiger partial charge in [0.2, 0.25) is 0 Å². The second kappa shape index (κ2) is 5.06. The van der Waals surface area contributed by atoms with Crippen molar-refractivity contribution in [1.29, 1.82) is 0 Å². The molecule has 17 heavy (non-hydrogen) atoms. The van der Waals surface area contributed by atoms with E-state index in [1.165, 1.54) is 10.4 Å². The molecule has 1 aliphatic heterocycles. The monoisotopic (exact) mass is 274 g/mol. The van der Waals surface area contributed by atoms with E-state index in [9.17, 15) is 8.42 Å². The number of hydrazine groups is 1. The first-order valence-corrected chi connectivity index (χ1v) is 8.42. The molecule has 0 spiro atoms. The zero-order valence-electron chi connectivity index (χ0n) is 9.85. The number of aryl methyl sites for hydroxylation is 1. The van der Waals surface area contributed by atoms with E-state index in [0.29, 0.717) is 11.5 Å². The molecule has 96 valence electrons. The number of hydrogen-bond donors (Lipinski definition) is 2. The molecule has 1 saturated heterocycles. The fourth-order valence-corrected chi connectivity index (χ4v) is 5.26. The first-order chi connectivity index (χ1) is 8.02. The molecule has 2 heterocycles. The van der Waals surface area contributed by atoms with Gasteiger partial charge in [0, 0.05) is 4.88 Å². The molecule has 1 aromatic heterocycles. The smallest absolute Gasteiger partial charge is 0.150 e. The van der Waals surface area contributed by atoms with Crippen molar-refractivity contribution in [3.05, 3.63) is 21.9 Å². The van der Waals surface area contributed by atoms with Crippen LogP contribution in [-0.2, 0) is 9.84 Å². The lowest BCUT2D eigenvalue weighted by atomic mass is 9.97. The summed E-state index contributed by atoms with van der Waals surface area (Å²) in [6, 6.07) is 2.14. The van der Waals surface area contributed by atoms with Crippen molar-refractivity contribution in [3.63, 3.8) is 0 Å². The SMILES string of the molecule is Cc1ccsc1C(CC1CCS(=O)(=O)C1)NN. The van der Waals surface area contributed by atoms with Crippen LogP contribution in [0.2, 0.25) is 0 Å². The van der Waals surface area contributed by atoms with Gasteiger partial charge in [0.1, 0.15) is 0 Å². The van der Waals surface area contributed by atoms with E-state index < -0.39 is 9.84 Å². The number of rotatable bonds is 4. The molecule has 0 saturated carbocycles. The van der Waals surface area contributed by atoms with Crippen LogP contribution >= 0.6 is 11.3 Å². The minimum absolute atomic E-state index is 0.0771. The van der Waals surface area contributed by atoms with Gasteiger partial charge < -0.3 is 0 Å². The predicted molar refractivity (Wildman–Crippen MR) is 70.5 cm³/mol. The van der Waals surface area contributed by atoms with Crippen LogP contribution in [0.25, 0.3) is 0 Å². The average molecular weight is 274 g/mol. The highest BCUT2D eigenvalue weighted by Crippen LogP contribution is 2.32. The predicted octanol–water partition coefficient (Wildman–Crippen LogP) is 1.39. The summed E-state index contributed by atoms with van der Waals surface area (Å²) in [5.74, 6) is 6.47. The van der Waals surface area contributed by atoms with Crippen molar-refractivity contribution < 1.29 is 8.42 Å². The Hall–Kier alpha value is -0.430. The van der Waals surface area contributed by atoms with Crippen LogP contribution in [0.15, 0.2) is 11.4 Å². The molecule has 4 nitrogen and oxygen atoms in total. The lowest BCUT2D eigenvalue weighted by Gasteiger charge is -2.18. The zero-order valence-corrected chi connectivity index (χ0v) is 11.5. The van der Waals surface area contributed by atoms with Crippen molar-refractivity contribution in [2.24, 2.45) is 11.8 Å². The third-order valence-electron chi connectivity index (χ3n) is 3.32. The van der Waals surface area contributed by atoms with Crippen molar-refractivity contribution in [2.45, 2.75) is 25.8 Å². The fraction of sp³-hybridized carbons (Fsp3) is 0.636. The summed E-state index contributed by atoms with van der Waals surface area (Å²) in [6.07, 6.45) is 1.57. The van der Waals surface area contributed by atoms with Gasteiger partial charge in [-0.1, -0.05) is 0 Å². The highest BCUT2D eigenvalue weighted by Gasteiger charge is 2.30. The van der Waals surface area contributed by atoms with E-state index in [2.05, 4.69) is 18.4 Å². The first kappa shape index (κ1) is 13.0. The third kappa shape index (κ3) is 3.07. The van der Waals surface area contributed by atoms with Crippen LogP contribution in [-0.4, -0.2) is 19.9 Å². The van der Waals surface area contributed by atoms with Crippen molar-refractivity contribution >= 4 is 21.2 Å². The number of thiophene rings is 1. The van der Waals surface area contributed by atoms with Gasteiger partial charge in [0.05, 0.1) is 17.5 Å². The van der Waals surface area contributed by atoms with Gasteiger partial charge in [-0.25, -0.2) is 8.42 Å². The van der Waals surface area contributed by atoms with Crippen LogP contribution in [0.3, 0.4) is 0 Å².